The Morgan fingerprint density at radius 1 is 1.26 bits per heavy atom. The fraction of sp³-hybridized carbons (Fsp3) is 0.381. The summed E-state index contributed by atoms with van der Waals surface area (Å²) in [5, 5.41) is 18.5. The van der Waals surface area contributed by atoms with E-state index >= 15 is 0 Å². The molecule has 0 radical (unpaired) electrons. The van der Waals surface area contributed by atoms with Crippen LogP contribution in [0.25, 0.3) is 11.5 Å². The van der Waals surface area contributed by atoms with Crippen LogP contribution in [0.4, 0.5) is 5.82 Å². The van der Waals surface area contributed by atoms with Gasteiger partial charge in [0.05, 0.1) is 0 Å². The van der Waals surface area contributed by atoms with Crippen LogP contribution in [0.3, 0.4) is 0 Å². The number of rotatable bonds is 5. The maximum absolute atomic E-state index is 11.2. The summed E-state index contributed by atoms with van der Waals surface area (Å²) in [5.41, 5.74) is 2.16. The Bertz CT molecular complexity index is 937. The molecule has 6 heteroatoms. The first kappa shape index (κ1) is 17.7. The van der Waals surface area contributed by atoms with E-state index in [1.807, 2.05) is 44.2 Å². The molecular formula is C21H24N4O2. The fourth-order valence-corrected chi connectivity index (χ4v) is 3.57. The molecule has 0 fully saturated rings. The molecule has 4 rings (SSSR count). The summed E-state index contributed by atoms with van der Waals surface area (Å²) in [5.74, 6) is 2.05. The molecule has 0 amide bonds. The highest BCUT2D eigenvalue weighted by atomic mass is 16.5. The minimum absolute atomic E-state index is 0.211. The van der Waals surface area contributed by atoms with Gasteiger partial charge >= 0.3 is 0 Å². The molecule has 27 heavy (non-hydrogen) atoms. The largest absolute Gasteiger partial charge is 0.383 e. The second kappa shape index (κ2) is 7.12. The maximum atomic E-state index is 11.2. The van der Waals surface area contributed by atoms with Crippen LogP contribution < -0.4 is 5.32 Å². The molecule has 0 spiro atoms. The first-order valence-corrected chi connectivity index (χ1v) is 9.40. The van der Waals surface area contributed by atoms with E-state index in [9.17, 15) is 5.11 Å². The smallest absolute Gasteiger partial charge is 0.258 e. The Morgan fingerprint density at radius 3 is 2.93 bits per heavy atom. The summed E-state index contributed by atoms with van der Waals surface area (Å²) in [6.07, 6.45) is 4.43. The number of aromatic nitrogens is 3. The number of nitrogens with zero attached hydrogens (tertiary/aromatic N) is 3. The Kier molecular flexibility index (Phi) is 4.66. The average molecular weight is 364 g/mol. The number of aryl methyl sites for hydroxylation is 1. The zero-order valence-corrected chi connectivity index (χ0v) is 15.6. The zero-order chi connectivity index (χ0) is 18.9. The van der Waals surface area contributed by atoms with Crippen LogP contribution in [0.1, 0.15) is 49.6 Å². The van der Waals surface area contributed by atoms with Crippen molar-refractivity contribution < 1.29 is 9.63 Å². The van der Waals surface area contributed by atoms with Gasteiger partial charge in [-0.3, -0.25) is 0 Å². The third-order valence-electron chi connectivity index (χ3n) is 5.08. The van der Waals surface area contributed by atoms with E-state index in [0.717, 1.165) is 30.4 Å². The fourth-order valence-electron chi connectivity index (χ4n) is 3.57. The van der Waals surface area contributed by atoms with E-state index in [4.69, 9.17) is 4.52 Å². The van der Waals surface area contributed by atoms with E-state index in [0.29, 0.717) is 24.1 Å². The number of pyridine rings is 1. The van der Waals surface area contributed by atoms with Gasteiger partial charge in [-0.25, -0.2) is 4.98 Å². The van der Waals surface area contributed by atoms with Crippen molar-refractivity contribution in [2.75, 3.05) is 11.9 Å². The topological polar surface area (TPSA) is 84.1 Å². The SMILES string of the molecule is CC(C)c1noc(-c2ccnc(NCC3(O)CCCc4ccccc43)c2)n1. The molecular weight excluding hydrogens is 340 g/mol. The quantitative estimate of drug-likeness (QED) is 0.714. The van der Waals surface area contributed by atoms with Crippen LogP contribution in [0.5, 0.6) is 0 Å². The molecule has 0 aliphatic heterocycles. The molecule has 2 heterocycles. The molecule has 1 aliphatic rings. The van der Waals surface area contributed by atoms with E-state index in [-0.39, 0.29) is 5.92 Å². The number of anilines is 1. The number of hydrogen-bond acceptors (Lipinski definition) is 6. The molecule has 1 aliphatic carbocycles. The van der Waals surface area contributed by atoms with Crippen LogP contribution in [0, 0.1) is 0 Å². The van der Waals surface area contributed by atoms with Crippen molar-refractivity contribution in [2.24, 2.45) is 0 Å². The lowest BCUT2D eigenvalue weighted by Crippen LogP contribution is -2.37. The molecule has 2 N–H and O–H groups in total. The highest BCUT2D eigenvalue weighted by Crippen LogP contribution is 2.35. The molecule has 1 atom stereocenters. The van der Waals surface area contributed by atoms with E-state index in [1.165, 1.54) is 5.56 Å². The number of aliphatic hydroxyl groups is 1. The predicted molar refractivity (Wildman–Crippen MR) is 103 cm³/mol. The Morgan fingerprint density at radius 2 is 2.11 bits per heavy atom. The lowest BCUT2D eigenvalue weighted by atomic mass is 9.79. The van der Waals surface area contributed by atoms with Gasteiger partial charge < -0.3 is 14.9 Å². The summed E-state index contributed by atoms with van der Waals surface area (Å²) < 4.78 is 5.36. The third kappa shape index (κ3) is 3.57. The van der Waals surface area contributed by atoms with Gasteiger partial charge in [-0.15, -0.1) is 0 Å². The van der Waals surface area contributed by atoms with Crippen LogP contribution in [-0.2, 0) is 12.0 Å². The number of benzene rings is 1. The minimum atomic E-state index is -0.887. The maximum Gasteiger partial charge on any atom is 0.258 e. The second-order valence-electron chi connectivity index (χ2n) is 7.44. The highest BCUT2D eigenvalue weighted by Gasteiger charge is 2.34. The molecule has 6 nitrogen and oxygen atoms in total. The monoisotopic (exact) mass is 364 g/mol. The highest BCUT2D eigenvalue weighted by molar-refractivity contribution is 5.58. The summed E-state index contributed by atoms with van der Waals surface area (Å²) in [4.78, 5) is 8.80. The lowest BCUT2D eigenvalue weighted by Gasteiger charge is -2.34. The second-order valence-corrected chi connectivity index (χ2v) is 7.44. The number of nitrogens with one attached hydrogen (secondary N) is 1. The normalized spacial score (nSPS) is 19.1. The summed E-state index contributed by atoms with van der Waals surface area (Å²) in [6, 6.07) is 11.8. The van der Waals surface area contributed by atoms with Gasteiger partial charge in [-0.2, -0.15) is 4.98 Å². The van der Waals surface area contributed by atoms with Gasteiger partial charge in [0.2, 0.25) is 0 Å². The van der Waals surface area contributed by atoms with Crippen molar-refractivity contribution in [3.8, 4) is 11.5 Å². The molecule has 3 aromatic rings. The summed E-state index contributed by atoms with van der Waals surface area (Å²) in [6.45, 7) is 4.45. The van der Waals surface area contributed by atoms with Gasteiger partial charge in [0, 0.05) is 24.2 Å². The van der Waals surface area contributed by atoms with Crippen molar-refractivity contribution in [2.45, 2.75) is 44.6 Å². The van der Waals surface area contributed by atoms with Gasteiger partial charge in [0.25, 0.3) is 5.89 Å². The molecule has 2 aromatic heterocycles. The van der Waals surface area contributed by atoms with E-state index < -0.39 is 5.60 Å². The predicted octanol–water partition coefficient (Wildman–Crippen LogP) is 3.89. The summed E-state index contributed by atoms with van der Waals surface area (Å²) >= 11 is 0. The molecule has 0 bridgehead atoms. The minimum Gasteiger partial charge on any atom is -0.383 e. The Balaban J connectivity index is 1.52. The Hall–Kier alpha value is -2.73. The van der Waals surface area contributed by atoms with Crippen LogP contribution in [0.15, 0.2) is 47.1 Å². The first-order valence-electron chi connectivity index (χ1n) is 9.40. The van der Waals surface area contributed by atoms with Crippen LogP contribution in [0.2, 0.25) is 0 Å². The third-order valence-corrected chi connectivity index (χ3v) is 5.08. The number of hydrogen-bond donors (Lipinski definition) is 2. The van der Waals surface area contributed by atoms with Gasteiger partial charge in [0.1, 0.15) is 11.4 Å². The first-order chi connectivity index (χ1) is 13.0. The zero-order valence-electron chi connectivity index (χ0n) is 15.6. The molecule has 1 unspecified atom stereocenters. The van der Waals surface area contributed by atoms with Gasteiger partial charge in [0.15, 0.2) is 5.82 Å². The Labute approximate surface area is 158 Å². The van der Waals surface area contributed by atoms with Crippen molar-refractivity contribution in [3.05, 3.63) is 59.5 Å². The average Bonchev–Trinajstić information content (AvgIpc) is 3.18. The number of fused-ring (bicyclic) bond motifs is 1. The molecule has 0 saturated carbocycles. The molecule has 140 valence electrons. The van der Waals surface area contributed by atoms with Crippen molar-refractivity contribution in [1.82, 2.24) is 15.1 Å². The van der Waals surface area contributed by atoms with Crippen LogP contribution in [-0.4, -0.2) is 26.8 Å². The standard InChI is InChI=1S/C21H24N4O2/c1-14(2)19-24-20(27-25-19)16-9-11-22-18(12-16)23-13-21(26)10-5-7-15-6-3-4-8-17(15)21/h3-4,6,8-9,11-12,14,26H,5,7,10,13H2,1-2H3,(H,22,23). The van der Waals surface area contributed by atoms with Crippen molar-refractivity contribution >= 4 is 5.82 Å². The van der Waals surface area contributed by atoms with Crippen LogP contribution >= 0.6 is 0 Å². The van der Waals surface area contributed by atoms with Crippen molar-refractivity contribution in [3.63, 3.8) is 0 Å². The van der Waals surface area contributed by atoms with Gasteiger partial charge in [-0.1, -0.05) is 43.3 Å². The molecule has 0 saturated heterocycles. The molecule has 1 aromatic carbocycles. The summed E-state index contributed by atoms with van der Waals surface area (Å²) in [7, 11) is 0. The van der Waals surface area contributed by atoms with Crippen molar-refractivity contribution in [1.29, 1.82) is 0 Å². The van der Waals surface area contributed by atoms with Gasteiger partial charge in [-0.05, 0) is 42.5 Å². The van der Waals surface area contributed by atoms with E-state index in [2.05, 4.69) is 26.5 Å². The lowest BCUT2D eigenvalue weighted by molar-refractivity contribution is 0.0322. The van der Waals surface area contributed by atoms with E-state index in [1.54, 1.807) is 6.20 Å².